The van der Waals surface area contributed by atoms with Crippen molar-refractivity contribution in [2.45, 2.75) is 25.5 Å². The number of carbonyl (C=O) groups is 2. The van der Waals surface area contributed by atoms with Gasteiger partial charge in [0.25, 0.3) is 5.91 Å². The predicted octanol–water partition coefficient (Wildman–Crippen LogP) is 2.74. The minimum absolute atomic E-state index is 0.191. The average molecular weight is 349 g/mol. The van der Waals surface area contributed by atoms with E-state index in [-0.39, 0.29) is 6.54 Å². The van der Waals surface area contributed by atoms with E-state index in [2.05, 4.69) is 5.32 Å². The predicted molar refractivity (Wildman–Crippen MR) is 87.5 cm³/mol. The molecule has 1 aliphatic heterocycles. The van der Waals surface area contributed by atoms with Crippen LogP contribution >= 0.6 is 11.6 Å². The molecule has 3 rings (SSSR count). The fraction of sp³-hybridized carbons (Fsp3) is 0.294. The number of nitrogens with zero attached hydrogens (tertiary/aromatic N) is 1. The molecule has 0 radical (unpaired) electrons. The lowest BCUT2D eigenvalue weighted by Gasteiger charge is -2.21. The van der Waals surface area contributed by atoms with Crippen molar-refractivity contribution in [3.63, 3.8) is 0 Å². The molecule has 0 unspecified atom stereocenters. The number of aryl methyl sites for hydroxylation is 1. The van der Waals surface area contributed by atoms with Crippen LogP contribution in [0.4, 0.5) is 4.79 Å². The van der Waals surface area contributed by atoms with Gasteiger partial charge < -0.3 is 14.8 Å². The summed E-state index contributed by atoms with van der Waals surface area (Å²) in [6, 6.07) is 9.56. The van der Waals surface area contributed by atoms with Crippen molar-refractivity contribution < 1.29 is 19.1 Å². The highest BCUT2D eigenvalue weighted by atomic mass is 35.5. The summed E-state index contributed by atoms with van der Waals surface area (Å²) in [6.07, 6.45) is -1.07. The monoisotopic (exact) mass is 348 g/mol. The van der Waals surface area contributed by atoms with Crippen molar-refractivity contribution in [1.82, 2.24) is 10.2 Å². The van der Waals surface area contributed by atoms with Gasteiger partial charge in [0.15, 0.2) is 5.54 Å². The molecule has 2 N–H and O–H groups in total. The van der Waals surface area contributed by atoms with Crippen molar-refractivity contribution in [3.05, 3.63) is 58.5 Å². The van der Waals surface area contributed by atoms with Crippen LogP contribution < -0.4 is 5.32 Å². The zero-order valence-electron chi connectivity index (χ0n) is 13.2. The number of hydrogen-bond donors (Lipinski definition) is 2. The van der Waals surface area contributed by atoms with Crippen molar-refractivity contribution in [3.8, 4) is 0 Å². The Morgan fingerprint density at radius 1 is 1.29 bits per heavy atom. The molecule has 0 aliphatic carbocycles. The van der Waals surface area contributed by atoms with Gasteiger partial charge in [-0.1, -0.05) is 29.8 Å². The Bertz CT molecular complexity index is 803. The maximum Gasteiger partial charge on any atom is 0.325 e. The average Bonchev–Trinajstić information content (AvgIpc) is 3.06. The van der Waals surface area contributed by atoms with Crippen LogP contribution in [0.2, 0.25) is 5.02 Å². The third-order valence-electron chi connectivity index (χ3n) is 4.13. The highest BCUT2D eigenvalue weighted by molar-refractivity contribution is 6.31. The quantitative estimate of drug-likeness (QED) is 0.832. The van der Waals surface area contributed by atoms with Gasteiger partial charge >= 0.3 is 6.03 Å². The van der Waals surface area contributed by atoms with Crippen molar-refractivity contribution in [2.75, 3.05) is 6.54 Å². The first-order valence-electron chi connectivity index (χ1n) is 7.46. The second kappa shape index (κ2) is 5.96. The number of benzene rings is 1. The van der Waals surface area contributed by atoms with E-state index in [0.29, 0.717) is 22.1 Å². The second-order valence-corrected chi connectivity index (χ2v) is 6.33. The summed E-state index contributed by atoms with van der Waals surface area (Å²) in [5, 5.41) is 13.4. The van der Waals surface area contributed by atoms with E-state index < -0.39 is 23.6 Å². The van der Waals surface area contributed by atoms with Crippen molar-refractivity contribution >= 4 is 23.5 Å². The Morgan fingerprint density at radius 2 is 2.00 bits per heavy atom. The Balaban J connectivity index is 1.84. The molecule has 2 atom stereocenters. The minimum Gasteiger partial charge on any atom is -0.463 e. The van der Waals surface area contributed by atoms with Crippen LogP contribution in [0.3, 0.4) is 0 Å². The van der Waals surface area contributed by atoms with Gasteiger partial charge in [-0.25, -0.2) is 4.79 Å². The van der Waals surface area contributed by atoms with Gasteiger partial charge in [-0.15, -0.1) is 0 Å². The molecule has 7 heteroatoms. The molecule has 2 aromatic rings. The smallest absolute Gasteiger partial charge is 0.325 e. The number of nitrogens with one attached hydrogen (secondary N) is 1. The van der Waals surface area contributed by atoms with Gasteiger partial charge in [-0.05, 0) is 32.0 Å². The highest BCUT2D eigenvalue weighted by Crippen LogP contribution is 2.32. The maximum absolute atomic E-state index is 12.7. The Labute approximate surface area is 144 Å². The molecule has 1 aromatic heterocycles. The molecule has 1 fully saturated rings. The van der Waals surface area contributed by atoms with Gasteiger partial charge in [0.1, 0.15) is 11.5 Å². The van der Waals surface area contributed by atoms with Crippen molar-refractivity contribution in [2.24, 2.45) is 0 Å². The number of aliphatic hydroxyl groups excluding tert-OH is 1. The summed E-state index contributed by atoms with van der Waals surface area (Å²) in [7, 11) is 0. The van der Waals surface area contributed by atoms with Gasteiger partial charge in [0.05, 0.1) is 12.6 Å². The van der Waals surface area contributed by atoms with E-state index in [1.54, 1.807) is 50.2 Å². The summed E-state index contributed by atoms with van der Waals surface area (Å²) >= 11 is 6.05. The molecule has 1 saturated heterocycles. The Morgan fingerprint density at radius 3 is 2.62 bits per heavy atom. The number of aliphatic hydroxyl groups is 1. The number of β-amino-alcohol motifs (C(OH)–C–C–N with tert-alkyl or cyclic N) is 1. The molecule has 126 valence electrons. The lowest BCUT2D eigenvalue weighted by atomic mass is 9.99. The molecule has 0 bridgehead atoms. The molecule has 1 aromatic carbocycles. The van der Waals surface area contributed by atoms with E-state index in [4.69, 9.17) is 16.0 Å². The summed E-state index contributed by atoms with van der Waals surface area (Å²) in [5.41, 5.74) is -0.826. The van der Waals surface area contributed by atoms with Crippen LogP contribution in [0.15, 0.2) is 40.8 Å². The van der Waals surface area contributed by atoms with E-state index in [1.807, 2.05) is 0 Å². The molecular weight excluding hydrogens is 332 g/mol. The zero-order valence-corrected chi connectivity index (χ0v) is 14.0. The van der Waals surface area contributed by atoms with Gasteiger partial charge in [-0.3, -0.25) is 9.69 Å². The van der Waals surface area contributed by atoms with Crippen LogP contribution in [0.25, 0.3) is 0 Å². The lowest BCUT2D eigenvalue weighted by Crippen LogP contribution is -2.41. The number of imide groups is 1. The molecule has 0 saturated carbocycles. The molecule has 1 aliphatic rings. The molecule has 6 nitrogen and oxygen atoms in total. The zero-order chi connectivity index (χ0) is 17.5. The first-order valence-corrected chi connectivity index (χ1v) is 7.84. The first-order chi connectivity index (χ1) is 11.3. The normalized spacial score (nSPS) is 21.9. The number of urea groups is 1. The molecular formula is C17H17ClN2O4. The van der Waals surface area contributed by atoms with E-state index in [9.17, 15) is 14.7 Å². The van der Waals surface area contributed by atoms with Crippen LogP contribution in [0.1, 0.15) is 30.1 Å². The number of hydrogen-bond acceptors (Lipinski definition) is 4. The first kappa shape index (κ1) is 16.5. The van der Waals surface area contributed by atoms with Crippen LogP contribution in [0.5, 0.6) is 0 Å². The molecule has 2 heterocycles. The third-order valence-corrected chi connectivity index (χ3v) is 4.47. The number of rotatable bonds is 4. The summed E-state index contributed by atoms with van der Waals surface area (Å²) in [5.74, 6) is 0.517. The SMILES string of the molecule is Cc1ccc([C@@]2(C)NC(=O)N(C[C@H](O)c3ccccc3Cl)C2=O)o1. The van der Waals surface area contributed by atoms with Crippen LogP contribution in [-0.4, -0.2) is 28.5 Å². The van der Waals surface area contributed by atoms with E-state index in [0.717, 1.165) is 4.90 Å². The number of amides is 3. The van der Waals surface area contributed by atoms with Gasteiger partial charge in [0, 0.05) is 10.6 Å². The Kier molecular flexibility index (Phi) is 4.11. The standard InChI is InChI=1S/C17H17ClN2O4/c1-10-7-8-14(24-10)17(2)15(22)20(16(23)19-17)9-13(21)11-5-3-4-6-12(11)18/h3-8,13,21H,9H2,1-2H3,(H,19,23)/t13-,17+/m0/s1. The number of carbonyl (C=O) groups excluding carboxylic acids is 2. The summed E-state index contributed by atoms with van der Waals surface area (Å²) < 4.78 is 5.50. The van der Waals surface area contributed by atoms with Crippen molar-refractivity contribution in [1.29, 1.82) is 0 Å². The largest absolute Gasteiger partial charge is 0.463 e. The summed E-state index contributed by atoms with van der Waals surface area (Å²) in [6.45, 7) is 3.14. The molecule has 3 amide bonds. The molecule has 0 spiro atoms. The van der Waals surface area contributed by atoms with Crippen LogP contribution in [-0.2, 0) is 10.3 Å². The van der Waals surface area contributed by atoms with E-state index in [1.165, 1.54) is 0 Å². The highest BCUT2D eigenvalue weighted by Gasteiger charge is 2.51. The fourth-order valence-corrected chi connectivity index (χ4v) is 3.01. The summed E-state index contributed by atoms with van der Waals surface area (Å²) in [4.78, 5) is 26.0. The fourth-order valence-electron chi connectivity index (χ4n) is 2.75. The number of furan rings is 1. The topological polar surface area (TPSA) is 82.8 Å². The molecule has 24 heavy (non-hydrogen) atoms. The maximum atomic E-state index is 12.7. The number of halogens is 1. The third kappa shape index (κ3) is 2.68. The lowest BCUT2D eigenvalue weighted by molar-refractivity contribution is -0.132. The van der Waals surface area contributed by atoms with Gasteiger partial charge in [0.2, 0.25) is 0 Å². The van der Waals surface area contributed by atoms with Crippen LogP contribution in [0, 0.1) is 6.92 Å². The second-order valence-electron chi connectivity index (χ2n) is 5.92. The Hall–Kier alpha value is -2.31. The minimum atomic E-state index is -1.29. The van der Waals surface area contributed by atoms with Gasteiger partial charge in [-0.2, -0.15) is 0 Å². The van der Waals surface area contributed by atoms with E-state index >= 15 is 0 Å².